The molecule has 0 N–H and O–H groups in total. The van der Waals surface area contributed by atoms with Crippen molar-refractivity contribution in [3.63, 3.8) is 0 Å². The van der Waals surface area contributed by atoms with Gasteiger partial charge in [0.15, 0.2) is 0 Å². The van der Waals surface area contributed by atoms with Gasteiger partial charge in [-0.15, -0.1) is 0 Å². The van der Waals surface area contributed by atoms with Crippen LogP contribution in [-0.4, -0.2) is 24.7 Å². The molecule has 1 aromatic heterocycles. The number of halogens is 4. The standard InChI is InChI=1S/C16H14ClF3N2O2/c1-9-8-22(2)13-6-11(3-4-14(13)23-9)24-15-12(17)5-10(7-21-15)16(18,19)20/h3-7,9H,8H2,1-2H3. The molecule has 0 fully saturated rings. The van der Waals surface area contributed by atoms with Crippen LogP contribution in [0.15, 0.2) is 30.5 Å². The minimum atomic E-state index is -4.50. The Labute approximate surface area is 141 Å². The van der Waals surface area contributed by atoms with Crippen molar-refractivity contribution in [2.75, 3.05) is 18.5 Å². The average Bonchev–Trinajstić information content (AvgIpc) is 2.48. The first kappa shape index (κ1) is 16.7. The highest BCUT2D eigenvalue weighted by molar-refractivity contribution is 6.31. The van der Waals surface area contributed by atoms with Crippen molar-refractivity contribution in [2.45, 2.75) is 19.2 Å². The van der Waals surface area contributed by atoms with Gasteiger partial charge in [0.2, 0.25) is 5.88 Å². The van der Waals surface area contributed by atoms with Gasteiger partial charge >= 0.3 is 6.18 Å². The van der Waals surface area contributed by atoms with E-state index in [9.17, 15) is 13.2 Å². The lowest BCUT2D eigenvalue weighted by atomic mass is 10.2. The molecular weight excluding hydrogens is 345 g/mol. The van der Waals surface area contributed by atoms with E-state index in [2.05, 4.69) is 4.98 Å². The molecule has 1 aliphatic rings. The van der Waals surface area contributed by atoms with Crippen molar-refractivity contribution in [1.29, 1.82) is 0 Å². The first-order valence-corrected chi connectivity index (χ1v) is 7.54. The Bertz CT molecular complexity index is 767. The topological polar surface area (TPSA) is 34.6 Å². The van der Waals surface area contributed by atoms with Crippen LogP contribution in [0.5, 0.6) is 17.4 Å². The Kier molecular flexibility index (Phi) is 4.21. The van der Waals surface area contributed by atoms with E-state index in [1.165, 1.54) is 0 Å². The van der Waals surface area contributed by atoms with Crippen LogP contribution in [0.3, 0.4) is 0 Å². The second-order valence-electron chi connectivity index (χ2n) is 5.55. The first-order chi connectivity index (χ1) is 11.2. The maximum absolute atomic E-state index is 12.6. The number of benzene rings is 1. The normalized spacial score (nSPS) is 17.2. The molecule has 0 amide bonds. The van der Waals surface area contributed by atoms with Crippen molar-refractivity contribution in [3.8, 4) is 17.4 Å². The third-order valence-electron chi connectivity index (χ3n) is 3.55. The number of alkyl halides is 3. The van der Waals surface area contributed by atoms with Crippen molar-refractivity contribution >= 4 is 17.3 Å². The van der Waals surface area contributed by atoms with Crippen LogP contribution in [0.4, 0.5) is 18.9 Å². The summed E-state index contributed by atoms with van der Waals surface area (Å²) in [6, 6.07) is 5.92. The zero-order chi connectivity index (χ0) is 17.5. The fourth-order valence-corrected chi connectivity index (χ4v) is 2.67. The maximum atomic E-state index is 12.6. The summed E-state index contributed by atoms with van der Waals surface area (Å²) < 4.78 is 49.1. The average molecular weight is 359 g/mol. The molecule has 1 unspecified atom stereocenters. The second-order valence-corrected chi connectivity index (χ2v) is 5.96. The molecule has 2 aromatic rings. The summed E-state index contributed by atoms with van der Waals surface area (Å²) in [5, 5.41) is -0.208. The van der Waals surface area contributed by atoms with E-state index in [0.717, 1.165) is 24.0 Å². The number of likely N-dealkylation sites (N-methyl/N-ethyl adjacent to an activating group) is 1. The number of pyridine rings is 1. The Morgan fingerprint density at radius 3 is 2.75 bits per heavy atom. The van der Waals surface area contributed by atoms with Gasteiger partial charge in [0.05, 0.1) is 17.8 Å². The van der Waals surface area contributed by atoms with Crippen LogP contribution < -0.4 is 14.4 Å². The van der Waals surface area contributed by atoms with Crippen LogP contribution in [0.2, 0.25) is 5.02 Å². The van der Waals surface area contributed by atoms with E-state index in [4.69, 9.17) is 21.1 Å². The summed E-state index contributed by atoms with van der Waals surface area (Å²) >= 11 is 5.85. The fraction of sp³-hybridized carbons (Fsp3) is 0.312. The van der Waals surface area contributed by atoms with Gasteiger partial charge < -0.3 is 14.4 Å². The molecule has 0 saturated heterocycles. The number of hydrogen-bond donors (Lipinski definition) is 0. The van der Waals surface area contributed by atoms with Crippen molar-refractivity contribution < 1.29 is 22.6 Å². The molecule has 0 saturated carbocycles. The molecule has 4 nitrogen and oxygen atoms in total. The van der Waals surface area contributed by atoms with Gasteiger partial charge in [0, 0.05) is 19.3 Å². The molecule has 0 spiro atoms. The first-order valence-electron chi connectivity index (χ1n) is 7.16. The number of hydrogen-bond acceptors (Lipinski definition) is 4. The Morgan fingerprint density at radius 1 is 1.33 bits per heavy atom. The molecule has 0 bridgehead atoms. The lowest BCUT2D eigenvalue weighted by Crippen LogP contribution is -2.35. The zero-order valence-electron chi connectivity index (χ0n) is 12.9. The number of ether oxygens (including phenoxy) is 2. The lowest BCUT2D eigenvalue weighted by Gasteiger charge is -2.32. The minimum Gasteiger partial charge on any atom is -0.487 e. The third kappa shape index (κ3) is 3.36. The Hall–Kier alpha value is -2.15. The molecular formula is C16H14ClF3N2O2. The SMILES string of the molecule is CC1CN(C)c2cc(Oc3ncc(C(F)(F)F)cc3Cl)ccc2O1. The van der Waals surface area contributed by atoms with E-state index in [1.54, 1.807) is 18.2 Å². The summed E-state index contributed by atoms with van der Waals surface area (Å²) in [6.45, 7) is 2.69. The predicted octanol–water partition coefficient (Wildman–Crippen LogP) is 4.76. The monoisotopic (exact) mass is 358 g/mol. The fourth-order valence-electron chi connectivity index (χ4n) is 2.46. The summed E-state index contributed by atoms with van der Waals surface area (Å²) in [4.78, 5) is 5.68. The maximum Gasteiger partial charge on any atom is 0.417 e. The summed E-state index contributed by atoms with van der Waals surface area (Å²) in [5.41, 5.74) is -0.0963. The largest absolute Gasteiger partial charge is 0.487 e. The van der Waals surface area contributed by atoms with Gasteiger partial charge in [-0.25, -0.2) is 4.98 Å². The number of rotatable bonds is 2. The minimum absolute atomic E-state index is 0.0697. The summed E-state index contributed by atoms with van der Waals surface area (Å²) in [7, 11) is 1.92. The van der Waals surface area contributed by atoms with Gasteiger partial charge in [0.25, 0.3) is 0 Å². The number of fused-ring (bicyclic) bond motifs is 1. The lowest BCUT2D eigenvalue weighted by molar-refractivity contribution is -0.137. The van der Waals surface area contributed by atoms with Crippen molar-refractivity contribution in [1.82, 2.24) is 4.98 Å². The number of aromatic nitrogens is 1. The van der Waals surface area contributed by atoms with Crippen LogP contribution in [0.1, 0.15) is 12.5 Å². The summed E-state index contributed by atoms with van der Waals surface area (Å²) in [5.74, 6) is 1.04. The van der Waals surface area contributed by atoms with Gasteiger partial charge in [-0.2, -0.15) is 13.2 Å². The predicted molar refractivity (Wildman–Crippen MR) is 84.1 cm³/mol. The van der Waals surface area contributed by atoms with Crippen LogP contribution in [0.25, 0.3) is 0 Å². The Balaban J connectivity index is 1.86. The van der Waals surface area contributed by atoms with Crippen LogP contribution >= 0.6 is 11.6 Å². The molecule has 1 aliphatic heterocycles. The van der Waals surface area contributed by atoms with E-state index in [-0.39, 0.29) is 17.0 Å². The highest BCUT2D eigenvalue weighted by atomic mass is 35.5. The van der Waals surface area contributed by atoms with Gasteiger partial charge in [-0.05, 0) is 25.1 Å². The number of nitrogens with zero attached hydrogens (tertiary/aromatic N) is 2. The van der Waals surface area contributed by atoms with Gasteiger partial charge in [-0.1, -0.05) is 11.6 Å². The van der Waals surface area contributed by atoms with E-state index in [1.807, 2.05) is 18.9 Å². The van der Waals surface area contributed by atoms with Gasteiger partial charge in [0.1, 0.15) is 22.6 Å². The highest BCUT2D eigenvalue weighted by Crippen LogP contribution is 2.38. The molecule has 24 heavy (non-hydrogen) atoms. The molecule has 3 rings (SSSR count). The molecule has 0 radical (unpaired) electrons. The van der Waals surface area contributed by atoms with E-state index in [0.29, 0.717) is 11.9 Å². The van der Waals surface area contributed by atoms with Crippen LogP contribution in [-0.2, 0) is 6.18 Å². The van der Waals surface area contributed by atoms with Crippen LogP contribution in [0, 0.1) is 0 Å². The second kappa shape index (κ2) is 6.05. The molecule has 2 heterocycles. The zero-order valence-corrected chi connectivity index (χ0v) is 13.6. The smallest absolute Gasteiger partial charge is 0.417 e. The molecule has 128 valence electrons. The highest BCUT2D eigenvalue weighted by Gasteiger charge is 2.32. The van der Waals surface area contributed by atoms with Crippen molar-refractivity contribution in [3.05, 3.63) is 41.0 Å². The third-order valence-corrected chi connectivity index (χ3v) is 3.82. The van der Waals surface area contributed by atoms with Gasteiger partial charge in [-0.3, -0.25) is 0 Å². The quantitative estimate of drug-likeness (QED) is 0.775. The van der Waals surface area contributed by atoms with E-state index < -0.39 is 11.7 Å². The van der Waals surface area contributed by atoms with E-state index >= 15 is 0 Å². The molecule has 1 atom stereocenters. The van der Waals surface area contributed by atoms with Crippen molar-refractivity contribution in [2.24, 2.45) is 0 Å². The molecule has 1 aromatic carbocycles. The Morgan fingerprint density at radius 2 is 2.08 bits per heavy atom. The summed E-state index contributed by atoms with van der Waals surface area (Å²) in [6.07, 6.45) is -3.74. The molecule has 8 heteroatoms. The number of anilines is 1. The molecule has 0 aliphatic carbocycles.